The molecule has 3 saturated heterocycles. The topological polar surface area (TPSA) is 286 Å². The number of nitrogens with one attached hydrogen (secondary N) is 6. The van der Waals surface area contributed by atoms with Crippen molar-refractivity contribution in [3.63, 3.8) is 0 Å². The molecule has 19 heteroatoms. The molecule has 298 valence electrons. The number of aliphatic hydroxyl groups is 1. The Morgan fingerprint density at radius 1 is 0.786 bits per heavy atom. The second kappa shape index (κ2) is 17.8. The van der Waals surface area contributed by atoms with Gasteiger partial charge in [0.1, 0.15) is 42.0 Å². The molecule has 4 heterocycles. The van der Waals surface area contributed by atoms with Crippen LogP contribution in [0.2, 0.25) is 0 Å². The first-order valence-corrected chi connectivity index (χ1v) is 19.4. The number of hydrogen-bond acceptors (Lipinski definition) is 10. The number of phenolic OH excluding ortho intramolecular Hbond substituents is 1. The number of carbonyl (C=O) groups excluding carboxylic acids is 6. The van der Waals surface area contributed by atoms with E-state index in [4.69, 9.17) is 11.5 Å². The average Bonchev–Trinajstić information content (AvgIpc) is 3.80. The van der Waals surface area contributed by atoms with Gasteiger partial charge >= 0.3 is 0 Å². The van der Waals surface area contributed by atoms with Crippen LogP contribution in [-0.4, -0.2) is 122 Å². The number of nitrogens with zero attached hydrogens (tertiary/aromatic N) is 2. The summed E-state index contributed by atoms with van der Waals surface area (Å²) in [5.41, 5.74) is 13.0. The Balaban J connectivity index is 1.36. The van der Waals surface area contributed by atoms with Crippen molar-refractivity contribution in [2.24, 2.45) is 16.5 Å². The van der Waals surface area contributed by atoms with Crippen LogP contribution in [0, 0.1) is 0 Å². The lowest BCUT2D eigenvalue weighted by Gasteiger charge is -2.37. The largest absolute Gasteiger partial charge is 0.508 e. The van der Waals surface area contributed by atoms with Crippen molar-refractivity contribution in [2.45, 2.75) is 80.1 Å². The first kappa shape index (κ1) is 39.9. The number of rotatable bonds is 9. The van der Waals surface area contributed by atoms with E-state index in [0.29, 0.717) is 17.5 Å². The number of H-pyrrole nitrogens is 1. The van der Waals surface area contributed by atoms with Gasteiger partial charge in [0.05, 0.1) is 12.0 Å². The minimum absolute atomic E-state index is 0.000445. The molecular weight excluding hydrogens is 745 g/mol. The Morgan fingerprint density at radius 2 is 1.43 bits per heavy atom. The number of aromatic nitrogens is 1. The van der Waals surface area contributed by atoms with Gasteiger partial charge < -0.3 is 58.1 Å². The fraction of sp³-hybridized carbons (Fsp3) is 0.432. The zero-order valence-corrected chi connectivity index (χ0v) is 31.2. The molecule has 3 fully saturated rings. The number of phenols is 1. The second-order valence-electron chi connectivity index (χ2n) is 14.0. The van der Waals surface area contributed by atoms with Gasteiger partial charge in [-0.3, -0.25) is 33.8 Å². The Kier molecular flexibility index (Phi) is 12.6. The Labute approximate surface area is 326 Å². The van der Waals surface area contributed by atoms with E-state index in [9.17, 15) is 39.0 Å². The number of para-hydroxylation sites is 1. The number of hydrogen-bond donors (Lipinski definition) is 10. The number of thioether (sulfide) groups is 1. The molecule has 56 heavy (non-hydrogen) atoms. The summed E-state index contributed by atoms with van der Waals surface area (Å²) in [5.74, 6) is -4.13. The van der Waals surface area contributed by atoms with Gasteiger partial charge in [0.25, 0.3) is 0 Å². The molecule has 0 radical (unpaired) electrons. The summed E-state index contributed by atoms with van der Waals surface area (Å²) in [5, 5.41) is 34.1. The van der Waals surface area contributed by atoms with Gasteiger partial charge in [-0.1, -0.05) is 30.3 Å². The van der Waals surface area contributed by atoms with E-state index in [2.05, 4.69) is 36.6 Å². The highest BCUT2D eigenvalue weighted by Gasteiger charge is 2.48. The Hall–Kier alpha value is -5.82. The molecule has 3 aromatic rings. The molecule has 1 aromatic heterocycles. The summed E-state index contributed by atoms with van der Waals surface area (Å²) in [4.78, 5) is 92.3. The standard InChI is InChI=1S/C37H46N10O8S/c38-37(39)40-13-3-6-24-31(50)44-26(14-19-7-9-21(49)10-8-19)32(51)43-25-11-12-30-47(36(25)55)29(18-56-30)35(54)46-28(17-48)34(53)45-27(33(52)42-24)15-20-16-41-23-5-2-1-4-22(20)23/h1-2,4-5,7-10,16,24-30,41,48-49H,3,6,11-15,17-18H2,(H,42,52)(H,43,51)(H,44,50)(H,45,53)(H,46,54)(H4,38,39,40)/t24-,25-,26+,27-,28-,29-,30-/m0/s1. The van der Waals surface area contributed by atoms with E-state index >= 15 is 0 Å². The van der Waals surface area contributed by atoms with Crippen LogP contribution in [0.15, 0.2) is 59.7 Å². The average molecular weight is 791 g/mol. The van der Waals surface area contributed by atoms with Crippen LogP contribution in [0.4, 0.5) is 0 Å². The molecule has 0 spiro atoms. The van der Waals surface area contributed by atoms with E-state index in [-0.39, 0.29) is 61.5 Å². The third kappa shape index (κ3) is 9.34. The van der Waals surface area contributed by atoms with Gasteiger partial charge in [-0.15, -0.1) is 11.8 Å². The minimum atomic E-state index is -1.49. The quantitative estimate of drug-likeness (QED) is 0.0656. The predicted molar refractivity (Wildman–Crippen MR) is 207 cm³/mol. The summed E-state index contributed by atoms with van der Waals surface area (Å²) >= 11 is 1.40. The number of aromatic hydroxyl groups is 1. The van der Waals surface area contributed by atoms with Crippen molar-refractivity contribution in [3.05, 3.63) is 65.9 Å². The maximum atomic E-state index is 14.2. The monoisotopic (exact) mass is 790 g/mol. The zero-order chi connectivity index (χ0) is 39.9. The lowest BCUT2D eigenvalue weighted by atomic mass is 9.99. The maximum absolute atomic E-state index is 14.2. The van der Waals surface area contributed by atoms with Crippen LogP contribution < -0.4 is 38.1 Å². The highest BCUT2D eigenvalue weighted by molar-refractivity contribution is 8.00. The molecule has 7 atom stereocenters. The Bertz CT molecular complexity index is 1990. The number of aliphatic imine (C=N–C) groups is 1. The normalized spacial score (nSPS) is 26.3. The van der Waals surface area contributed by atoms with Crippen LogP contribution in [-0.2, 0) is 41.6 Å². The van der Waals surface area contributed by atoms with Crippen LogP contribution in [0.25, 0.3) is 10.9 Å². The fourth-order valence-corrected chi connectivity index (χ4v) is 8.59. The number of piperidine rings is 1. The highest BCUT2D eigenvalue weighted by atomic mass is 32.2. The van der Waals surface area contributed by atoms with Gasteiger partial charge in [0, 0.05) is 42.2 Å². The molecule has 0 aliphatic carbocycles. The number of fused-ring (bicyclic) bond motifs is 2. The summed E-state index contributed by atoms with van der Waals surface area (Å²) in [6.45, 7) is -0.694. The highest BCUT2D eigenvalue weighted by Crippen LogP contribution is 2.36. The molecule has 0 saturated carbocycles. The molecule has 12 N–H and O–H groups in total. The van der Waals surface area contributed by atoms with Crippen molar-refractivity contribution in [2.75, 3.05) is 18.9 Å². The van der Waals surface area contributed by atoms with Crippen molar-refractivity contribution in [1.29, 1.82) is 0 Å². The minimum Gasteiger partial charge on any atom is -0.508 e. The molecule has 6 amide bonds. The zero-order valence-electron chi connectivity index (χ0n) is 30.4. The van der Waals surface area contributed by atoms with Crippen LogP contribution in [0.5, 0.6) is 5.75 Å². The molecule has 3 aliphatic heterocycles. The SMILES string of the molecule is NC(N)=NCCC[C@@H]1NC(=O)[C@H](Cc2c[nH]c3ccccc23)NC(=O)[C@H](CO)NC(=O)[C@@H]2CS[C@H]3CC[C@H](NC(=O)[C@@H](Cc4ccc(O)cc4)NC1=O)C(=O)N32. The number of aromatic amines is 1. The number of carbonyl (C=O) groups is 6. The predicted octanol–water partition coefficient (Wildman–Crippen LogP) is -1.79. The Morgan fingerprint density at radius 3 is 2.16 bits per heavy atom. The summed E-state index contributed by atoms with van der Waals surface area (Å²) in [7, 11) is 0. The van der Waals surface area contributed by atoms with Gasteiger partial charge in [0.15, 0.2) is 5.96 Å². The summed E-state index contributed by atoms with van der Waals surface area (Å²) < 4.78 is 0. The molecule has 0 unspecified atom stereocenters. The first-order chi connectivity index (χ1) is 26.9. The van der Waals surface area contributed by atoms with Crippen molar-refractivity contribution in [1.82, 2.24) is 36.5 Å². The van der Waals surface area contributed by atoms with Crippen molar-refractivity contribution < 1.29 is 39.0 Å². The molecular formula is C37H46N10O8S. The first-order valence-electron chi connectivity index (χ1n) is 18.4. The maximum Gasteiger partial charge on any atom is 0.246 e. The summed E-state index contributed by atoms with van der Waals surface area (Å²) in [6.07, 6.45) is 2.59. The lowest BCUT2D eigenvalue weighted by Crippen LogP contribution is -2.64. The van der Waals surface area contributed by atoms with Crippen LogP contribution in [0.1, 0.15) is 36.8 Å². The molecule has 6 rings (SSSR count). The van der Waals surface area contributed by atoms with Crippen LogP contribution >= 0.6 is 11.8 Å². The van der Waals surface area contributed by atoms with E-state index in [1.807, 2.05) is 24.3 Å². The number of nitrogens with two attached hydrogens (primary N) is 2. The molecule has 2 bridgehead atoms. The van der Waals surface area contributed by atoms with E-state index in [1.54, 1.807) is 18.3 Å². The number of benzene rings is 2. The third-order valence-corrected chi connectivity index (χ3v) is 11.5. The van der Waals surface area contributed by atoms with Crippen LogP contribution in [0.3, 0.4) is 0 Å². The van der Waals surface area contributed by atoms with Gasteiger partial charge in [0.2, 0.25) is 35.4 Å². The van der Waals surface area contributed by atoms with Gasteiger partial charge in [-0.05, 0) is 55.0 Å². The fourth-order valence-electron chi connectivity index (χ4n) is 7.16. The molecule has 3 aliphatic rings. The van der Waals surface area contributed by atoms with E-state index in [0.717, 1.165) is 10.9 Å². The van der Waals surface area contributed by atoms with Gasteiger partial charge in [-0.25, -0.2) is 0 Å². The van der Waals surface area contributed by atoms with E-state index < -0.39 is 78.3 Å². The summed E-state index contributed by atoms with van der Waals surface area (Å²) in [6, 6.07) is 6.07. The number of amides is 6. The van der Waals surface area contributed by atoms with Crippen molar-refractivity contribution >= 4 is 64.1 Å². The number of guanidine groups is 1. The van der Waals surface area contributed by atoms with E-state index in [1.165, 1.54) is 28.8 Å². The third-order valence-electron chi connectivity index (χ3n) is 10.1. The van der Waals surface area contributed by atoms with Crippen molar-refractivity contribution in [3.8, 4) is 5.75 Å². The number of aliphatic hydroxyl groups excluding tert-OH is 1. The second-order valence-corrected chi connectivity index (χ2v) is 15.2. The molecule has 18 nitrogen and oxygen atoms in total. The smallest absolute Gasteiger partial charge is 0.246 e. The lowest BCUT2D eigenvalue weighted by molar-refractivity contribution is -0.146. The van der Waals surface area contributed by atoms with Gasteiger partial charge in [-0.2, -0.15) is 0 Å². The molecule has 2 aromatic carbocycles.